The van der Waals surface area contributed by atoms with Crippen molar-refractivity contribution in [3.63, 3.8) is 0 Å². The van der Waals surface area contributed by atoms with Gasteiger partial charge in [-0.25, -0.2) is 12.8 Å². The van der Waals surface area contributed by atoms with Crippen LogP contribution in [0.2, 0.25) is 0 Å². The zero-order chi connectivity index (χ0) is 23.3. The summed E-state index contributed by atoms with van der Waals surface area (Å²) in [6, 6.07) is 11.4. The fourth-order valence-electron chi connectivity index (χ4n) is 4.21. The number of morpholine rings is 1. The molecule has 2 saturated heterocycles. The summed E-state index contributed by atoms with van der Waals surface area (Å²) < 4.78 is 46.8. The molecule has 7 nitrogen and oxygen atoms in total. The van der Waals surface area contributed by atoms with E-state index >= 15 is 0 Å². The van der Waals surface area contributed by atoms with Crippen LogP contribution in [0.1, 0.15) is 31.2 Å². The monoisotopic (exact) mass is 475 g/mol. The summed E-state index contributed by atoms with van der Waals surface area (Å²) in [5.41, 5.74) is 1.80. The number of sulfonamides is 1. The lowest BCUT2D eigenvalue weighted by Crippen LogP contribution is -2.36. The van der Waals surface area contributed by atoms with Crippen LogP contribution in [0.4, 0.5) is 15.8 Å². The van der Waals surface area contributed by atoms with Gasteiger partial charge in [0.15, 0.2) is 0 Å². The van der Waals surface area contributed by atoms with Gasteiger partial charge in [-0.15, -0.1) is 0 Å². The number of amides is 1. The van der Waals surface area contributed by atoms with Gasteiger partial charge in [-0.1, -0.05) is 18.6 Å². The second-order valence-electron chi connectivity index (χ2n) is 8.42. The first-order valence-corrected chi connectivity index (χ1v) is 12.9. The fourth-order valence-corrected chi connectivity index (χ4v) is 5.73. The van der Waals surface area contributed by atoms with Crippen molar-refractivity contribution in [1.29, 1.82) is 0 Å². The maximum atomic E-state index is 14.5. The van der Waals surface area contributed by atoms with E-state index in [1.54, 1.807) is 40.7 Å². The number of piperidine rings is 1. The number of anilines is 2. The molecule has 2 aliphatic rings. The highest BCUT2D eigenvalue weighted by Crippen LogP contribution is 2.24. The molecule has 1 amide bonds. The maximum absolute atomic E-state index is 14.5. The number of carbonyl (C=O) groups excluding carboxylic acids is 1. The molecule has 2 aromatic rings. The average molecular weight is 476 g/mol. The zero-order valence-corrected chi connectivity index (χ0v) is 19.4. The van der Waals surface area contributed by atoms with Gasteiger partial charge >= 0.3 is 0 Å². The van der Waals surface area contributed by atoms with E-state index in [-0.39, 0.29) is 23.0 Å². The molecule has 9 heteroatoms. The predicted octanol–water partition coefficient (Wildman–Crippen LogP) is 3.41. The fraction of sp³-hybridized carbons (Fsp3) is 0.458. The molecular weight excluding hydrogens is 445 g/mol. The lowest BCUT2D eigenvalue weighted by molar-refractivity contribution is -0.116. The molecule has 0 unspecified atom stereocenters. The minimum atomic E-state index is -3.46. The van der Waals surface area contributed by atoms with Crippen molar-refractivity contribution in [1.82, 2.24) is 4.31 Å². The Bertz CT molecular complexity index is 1060. The first-order valence-electron chi connectivity index (χ1n) is 11.4. The summed E-state index contributed by atoms with van der Waals surface area (Å²) in [7, 11) is -3.46. The quantitative estimate of drug-likeness (QED) is 0.664. The lowest BCUT2D eigenvalue weighted by atomic mass is 10.1. The molecule has 0 atom stereocenters. The Morgan fingerprint density at radius 1 is 0.970 bits per heavy atom. The number of hydrogen-bond acceptors (Lipinski definition) is 5. The number of nitrogens with zero attached hydrogens (tertiary/aromatic N) is 2. The Kier molecular flexibility index (Phi) is 7.62. The summed E-state index contributed by atoms with van der Waals surface area (Å²) in [6.07, 6.45) is 3.53. The van der Waals surface area contributed by atoms with Crippen molar-refractivity contribution in [2.75, 3.05) is 49.6 Å². The van der Waals surface area contributed by atoms with Crippen molar-refractivity contribution < 1.29 is 22.3 Å². The van der Waals surface area contributed by atoms with Crippen molar-refractivity contribution >= 4 is 27.3 Å². The van der Waals surface area contributed by atoms with Crippen molar-refractivity contribution in [2.24, 2.45) is 0 Å². The molecule has 0 spiro atoms. The molecule has 1 N–H and O–H groups in total. The number of aryl methyl sites for hydroxylation is 1. The minimum Gasteiger partial charge on any atom is -0.378 e. The molecule has 0 aliphatic carbocycles. The van der Waals surface area contributed by atoms with Crippen LogP contribution in [0.25, 0.3) is 0 Å². The van der Waals surface area contributed by atoms with Crippen LogP contribution in [0.5, 0.6) is 0 Å². The van der Waals surface area contributed by atoms with Crippen LogP contribution in [-0.2, 0) is 26.0 Å². The molecule has 2 fully saturated rings. The Balaban J connectivity index is 1.30. The summed E-state index contributed by atoms with van der Waals surface area (Å²) in [5, 5.41) is 2.74. The van der Waals surface area contributed by atoms with E-state index in [1.165, 1.54) is 6.07 Å². The standard InChI is InChI=1S/C24H30FN3O4S/c25-22-18-20(7-10-23(22)27-14-16-32-17-15-27)26-24(29)11-6-19-4-8-21(9-5-19)33(30,31)28-12-2-1-3-13-28/h4-5,7-10,18H,1-3,6,11-17H2,(H,26,29). The number of benzene rings is 2. The first kappa shape index (κ1) is 23.7. The minimum absolute atomic E-state index is 0.213. The molecular formula is C24H30FN3O4S. The van der Waals surface area contributed by atoms with Crippen molar-refractivity contribution in [3.05, 3.63) is 53.8 Å². The van der Waals surface area contributed by atoms with Crippen LogP contribution in [0.3, 0.4) is 0 Å². The highest BCUT2D eigenvalue weighted by atomic mass is 32.2. The summed E-state index contributed by atoms with van der Waals surface area (Å²) >= 11 is 0. The van der Waals surface area contributed by atoms with E-state index < -0.39 is 10.0 Å². The maximum Gasteiger partial charge on any atom is 0.243 e. The third-order valence-electron chi connectivity index (χ3n) is 6.10. The van der Waals surface area contributed by atoms with Crippen LogP contribution in [-0.4, -0.2) is 58.0 Å². The number of carbonyl (C=O) groups is 1. The van der Waals surface area contributed by atoms with E-state index in [9.17, 15) is 17.6 Å². The van der Waals surface area contributed by atoms with Gasteiger partial charge in [0.25, 0.3) is 0 Å². The Morgan fingerprint density at radius 2 is 1.67 bits per heavy atom. The number of hydrogen-bond donors (Lipinski definition) is 1. The molecule has 0 aromatic heterocycles. The van der Waals surface area contributed by atoms with E-state index in [1.807, 2.05) is 4.90 Å². The third-order valence-corrected chi connectivity index (χ3v) is 8.01. The van der Waals surface area contributed by atoms with Gasteiger partial charge in [-0.2, -0.15) is 4.31 Å². The molecule has 33 heavy (non-hydrogen) atoms. The molecule has 2 aliphatic heterocycles. The summed E-state index contributed by atoms with van der Waals surface area (Å²) in [5.74, 6) is -0.598. The van der Waals surface area contributed by atoms with Crippen molar-refractivity contribution in [2.45, 2.75) is 37.0 Å². The molecule has 2 heterocycles. The van der Waals surface area contributed by atoms with E-state index in [4.69, 9.17) is 4.74 Å². The van der Waals surface area contributed by atoms with Gasteiger partial charge in [0.05, 0.1) is 23.8 Å². The van der Waals surface area contributed by atoms with Crippen LogP contribution < -0.4 is 10.2 Å². The van der Waals surface area contributed by atoms with Crippen molar-refractivity contribution in [3.8, 4) is 0 Å². The van der Waals surface area contributed by atoms with Gasteiger partial charge in [0.1, 0.15) is 5.82 Å². The SMILES string of the molecule is O=C(CCc1ccc(S(=O)(=O)N2CCCCC2)cc1)Nc1ccc(N2CCOCC2)c(F)c1. The third kappa shape index (κ3) is 5.90. The van der Waals surface area contributed by atoms with Crippen LogP contribution in [0.15, 0.2) is 47.4 Å². The number of ether oxygens (including phenoxy) is 1. The summed E-state index contributed by atoms with van der Waals surface area (Å²) in [6.45, 7) is 3.56. The van der Waals surface area contributed by atoms with Gasteiger partial charge in [-0.3, -0.25) is 4.79 Å². The number of halogens is 1. The average Bonchev–Trinajstić information content (AvgIpc) is 2.84. The zero-order valence-electron chi connectivity index (χ0n) is 18.6. The molecule has 178 valence electrons. The summed E-state index contributed by atoms with van der Waals surface area (Å²) in [4.78, 5) is 14.6. The molecule has 0 bridgehead atoms. The second-order valence-corrected chi connectivity index (χ2v) is 10.4. The van der Waals surface area contributed by atoms with Gasteiger partial charge in [0, 0.05) is 38.3 Å². The van der Waals surface area contributed by atoms with Gasteiger partial charge in [-0.05, 0) is 55.2 Å². The highest BCUT2D eigenvalue weighted by Gasteiger charge is 2.25. The molecule has 2 aromatic carbocycles. The molecule has 0 radical (unpaired) electrons. The molecule has 4 rings (SSSR count). The smallest absolute Gasteiger partial charge is 0.243 e. The topological polar surface area (TPSA) is 79.0 Å². The largest absolute Gasteiger partial charge is 0.378 e. The number of nitrogens with one attached hydrogen (secondary N) is 1. The highest BCUT2D eigenvalue weighted by molar-refractivity contribution is 7.89. The van der Waals surface area contributed by atoms with Crippen LogP contribution >= 0.6 is 0 Å². The number of rotatable bonds is 7. The Labute approximate surface area is 194 Å². The first-order chi connectivity index (χ1) is 15.9. The predicted molar refractivity (Wildman–Crippen MR) is 125 cm³/mol. The Hall–Kier alpha value is -2.49. The van der Waals surface area contributed by atoms with E-state index in [2.05, 4.69) is 5.32 Å². The van der Waals surface area contributed by atoms with Crippen LogP contribution in [0, 0.1) is 5.82 Å². The van der Waals surface area contributed by atoms with Gasteiger partial charge < -0.3 is 15.0 Å². The normalized spacial score (nSPS) is 17.7. The van der Waals surface area contributed by atoms with E-state index in [0.717, 1.165) is 24.8 Å². The van der Waals surface area contributed by atoms with Gasteiger partial charge in [0.2, 0.25) is 15.9 Å². The lowest BCUT2D eigenvalue weighted by Gasteiger charge is -2.29. The Morgan fingerprint density at radius 3 is 2.33 bits per heavy atom. The van der Waals surface area contributed by atoms with E-state index in [0.29, 0.717) is 57.2 Å². The second kappa shape index (κ2) is 10.6. The molecule has 0 saturated carbocycles.